The molecule has 2 aromatic heterocycles. The lowest BCUT2D eigenvalue weighted by molar-refractivity contribution is -0.138. The first-order valence-electron chi connectivity index (χ1n) is 51.6. The summed E-state index contributed by atoms with van der Waals surface area (Å²) in [6, 6.07) is 3.71. The first kappa shape index (κ1) is 40.2. The Kier molecular flexibility index (Phi) is 13.3. The van der Waals surface area contributed by atoms with E-state index in [1.807, 2.05) is 0 Å². The molecule has 0 N–H and O–H groups in total. The number of carbonyl (C=O) groups excluding carboxylic acids is 2. The largest absolute Gasteiger partial charge is 0.416 e. The van der Waals surface area contributed by atoms with Crippen LogP contribution in [0.5, 0.6) is 0 Å². The summed E-state index contributed by atoms with van der Waals surface area (Å²) in [5.41, 5.74) is -13.2. The van der Waals surface area contributed by atoms with Crippen molar-refractivity contribution in [1.29, 1.82) is 0 Å². The minimum Gasteiger partial charge on any atom is -0.383 e. The average molecular weight is 1540 g/mol. The average Bonchev–Trinajstić information content (AvgIpc) is 0.663. The van der Waals surface area contributed by atoms with E-state index in [0.29, 0.717) is 12.1 Å². The number of hydrogen-bond acceptors (Lipinski definition) is 10. The van der Waals surface area contributed by atoms with E-state index in [-0.39, 0.29) is 69.6 Å². The maximum Gasteiger partial charge on any atom is 0.416 e. The van der Waals surface area contributed by atoms with Crippen molar-refractivity contribution in [1.82, 2.24) is 28.7 Å². The summed E-state index contributed by atoms with van der Waals surface area (Å²) in [6.07, 6.45) is -27.3. The van der Waals surface area contributed by atoms with Crippen LogP contribution in [0.3, 0.4) is 0 Å². The normalized spacial score (nSPS) is 25.3. The SMILES string of the molecule is [2H]c1c(C)c([2H])c2c(=O)c([2H])c(SC([2H])([2H])c3cccc(F)c3F)n(C([2H])([2H])C(=O)N(Cc3ccc(-c4ccc(C(F)(F)F)cc4)cc3)C3([2H])C([2H])([2H])C([2H])([2H])N(CC([2H])([2H])OC([2H])([2H])[2H])C([2H])([2H])C3([2H])[2H])c2c1[2H].[2H]c1c(C)c([2H])c2c(=O)c([2H])c(SCc3cccc(F)c3F)n(C([2H])([2H])C(=O)N(Cc3ccc(-c4ccc(C(F)(F)F)cc4)cc3)C3([2H])C([2H])([2H])C([2H])([2H])N(CC([2H])([2H])OC([2H])([2H])[2H])C([2H])([2H])C3([2H])[2H])c2c1[2H]. The van der Waals surface area contributed by atoms with Gasteiger partial charge in [-0.1, -0.05) is 120 Å². The van der Waals surface area contributed by atoms with E-state index in [2.05, 4.69) is 9.47 Å². The Morgan fingerprint density at radius 1 is 0.538 bits per heavy atom. The number of nitrogens with zero attached hydrogens (tertiary/aromatic N) is 6. The van der Waals surface area contributed by atoms with Gasteiger partial charge in [0.1, 0.15) is 13.0 Å². The molecule has 8 aromatic carbocycles. The van der Waals surface area contributed by atoms with Gasteiger partial charge in [-0.05, 0) is 133 Å². The molecule has 0 spiro atoms. The molecular weight excluding hydrogens is 1420 g/mol. The summed E-state index contributed by atoms with van der Waals surface area (Å²) in [5.74, 6) is -11.8. The Bertz CT molecular complexity index is 6950. The van der Waals surface area contributed by atoms with Gasteiger partial charge in [0, 0.05) is 148 Å². The molecular formula is C82H80F10N6O6S2. The monoisotopic (exact) mass is 1540 g/mol. The smallest absolute Gasteiger partial charge is 0.383 e. The van der Waals surface area contributed by atoms with Crippen molar-refractivity contribution in [3.63, 3.8) is 0 Å². The van der Waals surface area contributed by atoms with Gasteiger partial charge >= 0.3 is 12.4 Å². The number of rotatable bonds is 24. The molecule has 106 heavy (non-hydrogen) atoms. The third-order valence-electron chi connectivity index (χ3n) is 15.1. The highest BCUT2D eigenvalue weighted by Gasteiger charge is 2.34. The molecule has 0 atom stereocenters. The number of fused-ring (bicyclic) bond motifs is 2. The summed E-state index contributed by atoms with van der Waals surface area (Å²) in [5, 5.41) is -4.42. The summed E-state index contributed by atoms with van der Waals surface area (Å²) >= 11 is -0.264. The first-order chi connectivity index (χ1) is 67.0. The predicted octanol–water partition coefficient (Wildman–Crippen LogP) is 17.4. The van der Waals surface area contributed by atoms with Gasteiger partial charge in [0.05, 0.1) is 78.2 Å². The molecule has 12 nitrogen and oxygen atoms in total. The molecule has 12 rings (SSSR count). The van der Waals surface area contributed by atoms with Gasteiger partial charge in [-0.2, -0.15) is 26.3 Å². The highest BCUT2D eigenvalue weighted by molar-refractivity contribution is 7.98. The van der Waals surface area contributed by atoms with E-state index in [4.69, 9.17) is 38.4 Å². The van der Waals surface area contributed by atoms with Crippen molar-refractivity contribution in [3.8, 4) is 22.3 Å². The molecule has 2 aliphatic heterocycles. The zero-order valence-corrected chi connectivity index (χ0v) is 56.1. The molecule has 4 heterocycles. The Morgan fingerprint density at radius 2 is 0.915 bits per heavy atom. The highest BCUT2D eigenvalue weighted by atomic mass is 32.2. The van der Waals surface area contributed by atoms with E-state index < -0.39 is 329 Å². The number of methoxy groups -OCH3 is 2. The number of alkyl halides is 6. The van der Waals surface area contributed by atoms with Gasteiger partial charge < -0.3 is 38.2 Å². The number of thioether (sulfide) groups is 2. The third kappa shape index (κ3) is 19.6. The highest BCUT2D eigenvalue weighted by Crippen LogP contribution is 2.36. The molecule has 2 aliphatic rings. The molecule has 0 bridgehead atoms. The first-order valence-corrected chi connectivity index (χ1v) is 32.4. The van der Waals surface area contributed by atoms with Gasteiger partial charge in [-0.15, -0.1) is 23.5 Å². The predicted molar refractivity (Wildman–Crippen MR) is 395 cm³/mol. The fourth-order valence-corrected chi connectivity index (χ4v) is 11.6. The number of likely N-dealkylation sites (tertiary alicyclic amines) is 2. The van der Waals surface area contributed by atoms with Crippen molar-refractivity contribution in [2.75, 3.05) is 66.3 Å². The zero-order valence-electron chi connectivity index (χ0n) is 96.5. The Labute approximate surface area is 675 Å². The van der Waals surface area contributed by atoms with Crippen molar-refractivity contribution >= 4 is 57.1 Å². The summed E-state index contributed by atoms with van der Waals surface area (Å²) in [6.45, 7) is -37.4. The number of ether oxygens (including phenoxy) is 2. The summed E-state index contributed by atoms with van der Waals surface area (Å²) in [7, 11) is -7.22. The Morgan fingerprint density at radius 3 is 1.31 bits per heavy atom. The van der Waals surface area contributed by atoms with Crippen LogP contribution < -0.4 is 10.9 Å². The number of piperidine rings is 2. The quantitative estimate of drug-likeness (QED) is 0.0428. The maximum absolute atomic E-state index is 15.7. The van der Waals surface area contributed by atoms with Crippen molar-refractivity contribution in [3.05, 3.63) is 270 Å². The van der Waals surface area contributed by atoms with E-state index in [0.717, 1.165) is 111 Å². The van der Waals surface area contributed by atoms with E-state index >= 15 is 18.4 Å². The number of carbonyl (C=O) groups is 2. The molecule has 0 unspecified atom stereocenters. The van der Waals surface area contributed by atoms with Gasteiger partial charge in [-0.25, -0.2) is 17.6 Å². The van der Waals surface area contributed by atoms with Gasteiger partial charge in [0.25, 0.3) is 0 Å². The second-order valence-corrected chi connectivity index (χ2v) is 24.1. The molecule has 0 saturated carbocycles. The zero-order chi connectivity index (χ0) is 113. The van der Waals surface area contributed by atoms with Crippen LogP contribution in [-0.4, -0.2) is 119 Å². The molecule has 0 radical (unpaired) electrons. The fourth-order valence-electron chi connectivity index (χ4n) is 9.87. The number of pyridine rings is 2. The maximum atomic E-state index is 15.7. The number of aromatic nitrogens is 2. The van der Waals surface area contributed by atoms with Gasteiger partial charge in [-0.3, -0.25) is 19.2 Å². The number of halogens is 10. The molecule has 24 heteroatoms. The van der Waals surface area contributed by atoms with E-state index in [9.17, 15) is 63.9 Å². The lowest BCUT2D eigenvalue weighted by atomic mass is 10.00. The Balaban J connectivity index is 0.000000281. The van der Waals surface area contributed by atoms with Crippen LogP contribution in [0.4, 0.5) is 43.9 Å². The van der Waals surface area contributed by atoms with Crippen LogP contribution in [0.2, 0.25) is 0 Å². The van der Waals surface area contributed by atoms with Gasteiger partial charge in [0.2, 0.25) is 11.8 Å². The number of amides is 2. The number of hydrogen-bond donors (Lipinski definition) is 0. The lowest BCUT2D eigenvalue weighted by Crippen LogP contribution is -2.48. The van der Waals surface area contributed by atoms with Gasteiger partial charge in [0.15, 0.2) is 34.1 Å². The second-order valence-electron chi connectivity index (χ2n) is 22.3. The summed E-state index contributed by atoms with van der Waals surface area (Å²) in [4.78, 5) is 57.8. The molecule has 2 fully saturated rings. The lowest BCUT2D eigenvalue weighted by Gasteiger charge is -2.39. The molecule has 0 aliphatic carbocycles. The van der Waals surface area contributed by atoms with E-state index in [1.54, 1.807) is 0 Å². The molecule has 556 valence electrons. The minimum absolute atomic E-state index is 0.0996. The topological polar surface area (TPSA) is 110 Å². The van der Waals surface area contributed by atoms with E-state index in [1.165, 1.54) is 24.3 Å². The van der Waals surface area contributed by atoms with Crippen LogP contribution in [0.1, 0.15) is 128 Å². The second kappa shape index (κ2) is 35.1. The van der Waals surface area contributed by atoms with Crippen molar-refractivity contribution in [2.45, 2.75) is 111 Å². The van der Waals surface area contributed by atoms with Crippen LogP contribution in [0, 0.1) is 37.1 Å². The van der Waals surface area contributed by atoms with Crippen LogP contribution in [-0.2, 0) is 69.0 Å². The number of benzene rings is 8. The fraction of sp³-hybridized carbons (Fsp3) is 0.317. The Hall–Kier alpha value is -9.04. The third-order valence-corrected chi connectivity index (χ3v) is 17.0. The van der Waals surface area contributed by atoms with Crippen LogP contribution >= 0.6 is 23.5 Å². The van der Waals surface area contributed by atoms with Crippen molar-refractivity contribution in [2.24, 2.45) is 0 Å². The standard InChI is InChI=1S/2C41H40F5N3O3S/c2*1-27-6-15-36-34(22-27)37(50)23-39(53-26-31-4-3-5-35(42)40(31)43)49(36)25-38(51)48(33-16-18-47(19-17-33)20-21-52-2)24-28-7-9-29(10-8-28)30-11-13-32(14-12-30)41(44,45)46/h2*3-15,22-23,33H,16-21,24-26H2,1-2H3/i2D3,6D,15D,16D2,17D2,18D2,19D2,21D2,22D,23D,25D2,26D2,33D;2D3,6D,15D,16D2,17D2,18D2,19D2,21D2,22D,23D,25D2,33D. The summed E-state index contributed by atoms with van der Waals surface area (Å²) < 4.78 is 517. The van der Waals surface area contributed by atoms with Crippen LogP contribution in [0.15, 0.2) is 201 Å². The molecule has 2 saturated heterocycles. The molecule has 10 aromatic rings. The molecule has 2 amide bonds. The van der Waals surface area contributed by atoms with Crippen molar-refractivity contribution < 1.29 is 121 Å². The minimum atomic E-state index is -4.73. The van der Waals surface area contributed by atoms with Crippen LogP contribution in [0.25, 0.3) is 44.1 Å².